The second-order valence-electron chi connectivity index (χ2n) is 4.33. The molecule has 1 aromatic carbocycles. The van der Waals surface area contributed by atoms with Gasteiger partial charge in [-0.1, -0.05) is 24.3 Å². The summed E-state index contributed by atoms with van der Waals surface area (Å²) >= 11 is 0. The van der Waals surface area contributed by atoms with E-state index in [1.807, 2.05) is 12.1 Å². The lowest BCUT2D eigenvalue weighted by atomic mass is 10.1. The van der Waals surface area contributed by atoms with E-state index >= 15 is 0 Å². The van der Waals surface area contributed by atoms with Crippen LogP contribution in [0.1, 0.15) is 5.69 Å². The lowest BCUT2D eigenvalue weighted by Gasteiger charge is -2.22. The monoisotopic (exact) mass is 269 g/mol. The lowest BCUT2D eigenvalue weighted by Crippen LogP contribution is -2.31. The summed E-state index contributed by atoms with van der Waals surface area (Å²) in [5, 5.41) is 1.52. The summed E-state index contributed by atoms with van der Waals surface area (Å²) in [4.78, 5) is 5.30. The van der Waals surface area contributed by atoms with Gasteiger partial charge in [-0.15, -0.1) is 0 Å². The Morgan fingerprint density at radius 1 is 1.26 bits per heavy atom. The average molecular weight is 269 g/mol. The molecule has 2 N–H and O–H groups in total. The van der Waals surface area contributed by atoms with E-state index in [0.717, 1.165) is 10.3 Å². The second-order valence-corrected chi connectivity index (χ2v) is 4.33. The highest BCUT2D eigenvalue weighted by Crippen LogP contribution is 2.27. The molecule has 1 heterocycles. The third-order valence-corrected chi connectivity index (χ3v) is 2.76. The summed E-state index contributed by atoms with van der Waals surface area (Å²) in [5.74, 6) is 0.302. The van der Waals surface area contributed by atoms with Crippen molar-refractivity contribution in [1.82, 2.24) is 4.98 Å². The van der Waals surface area contributed by atoms with Crippen molar-refractivity contribution >= 4 is 16.6 Å². The fourth-order valence-corrected chi connectivity index (χ4v) is 1.97. The van der Waals surface area contributed by atoms with E-state index in [2.05, 4.69) is 4.98 Å². The Labute approximate surface area is 108 Å². The summed E-state index contributed by atoms with van der Waals surface area (Å²) in [6.45, 7) is -0.851. The van der Waals surface area contributed by atoms with Gasteiger partial charge in [-0.25, -0.2) is 4.98 Å². The fourth-order valence-electron chi connectivity index (χ4n) is 1.97. The Morgan fingerprint density at radius 3 is 2.58 bits per heavy atom. The minimum atomic E-state index is -4.27. The average Bonchev–Trinajstić information content (AvgIpc) is 2.35. The highest BCUT2D eigenvalue weighted by atomic mass is 19.4. The Hall–Kier alpha value is -1.82. The van der Waals surface area contributed by atoms with Gasteiger partial charge < -0.3 is 10.6 Å². The van der Waals surface area contributed by atoms with E-state index in [1.165, 1.54) is 7.05 Å². The van der Waals surface area contributed by atoms with Gasteiger partial charge in [0.05, 0.1) is 5.69 Å². The van der Waals surface area contributed by atoms with Crippen LogP contribution in [0.2, 0.25) is 0 Å². The van der Waals surface area contributed by atoms with Gasteiger partial charge in [-0.3, -0.25) is 0 Å². The number of halogens is 3. The summed E-state index contributed by atoms with van der Waals surface area (Å²) in [5.41, 5.74) is 6.11. The van der Waals surface area contributed by atoms with Crippen molar-refractivity contribution in [2.24, 2.45) is 5.73 Å². The number of pyridine rings is 1. The minimum absolute atomic E-state index is 0.192. The topological polar surface area (TPSA) is 42.2 Å². The molecule has 102 valence electrons. The molecule has 0 bridgehead atoms. The van der Waals surface area contributed by atoms with E-state index in [-0.39, 0.29) is 6.54 Å². The molecule has 2 aromatic rings. The van der Waals surface area contributed by atoms with Gasteiger partial charge in [0.15, 0.2) is 0 Å². The van der Waals surface area contributed by atoms with E-state index in [4.69, 9.17) is 5.73 Å². The summed E-state index contributed by atoms with van der Waals surface area (Å²) in [7, 11) is 1.38. The van der Waals surface area contributed by atoms with Crippen LogP contribution in [-0.4, -0.2) is 24.8 Å². The van der Waals surface area contributed by atoms with Gasteiger partial charge in [0.1, 0.15) is 12.4 Å². The van der Waals surface area contributed by atoms with Crippen molar-refractivity contribution in [2.45, 2.75) is 12.7 Å². The van der Waals surface area contributed by atoms with Crippen LogP contribution < -0.4 is 10.6 Å². The molecule has 3 nitrogen and oxygen atoms in total. The van der Waals surface area contributed by atoms with E-state index < -0.39 is 12.7 Å². The van der Waals surface area contributed by atoms with Gasteiger partial charge in [0.25, 0.3) is 0 Å². The number of fused-ring (bicyclic) bond motifs is 1. The number of hydrogen-bond acceptors (Lipinski definition) is 3. The molecule has 1 aromatic heterocycles. The Kier molecular flexibility index (Phi) is 3.61. The molecule has 0 amide bonds. The largest absolute Gasteiger partial charge is 0.405 e. The van der Waals surface area contributed by atoms with Crippen molar-refractivity contribution in [3.63, 3.8) is 0 Å². The fraction of sp³-hybridized carbons (Fsp3) is 0.308. The van der Waals surface area contributed by atoms with Crippen molar-refractivity contribution in [3.8, 4) is 0 Å². The number of anilines is 1. The van der Waals surface area contributed by atoms with Crippen molar-refractivity contribution < 1.29 is 13.2 Å². The first-order chi connectivity index (χ1) is 8.90. The number of nitrogens with two attached hydrogens (primary N) is 1. The van der Waals surface area contributed by atoms with Gasteiger partial charge >= 0.3 is 6.18 Å². The normalized spacial score (nSPS) is 11.8. The zero-order valence-corrected chi connectivity index (χ0v) is 10.4. The van der Waals surface area contributed by atoms with Gasteiger partial charge in [0, 0.05) is 19.0 Å². The molecule has 0 radical (unpaired) electrons. The predicted molar refractivity (Wildman–Crippen MR) is 69.0 cm³/mol. The first kappa shape index (κ1) is 13.6. The number of aromatic nitrogens is 1. The number of alkyl halides is 3. The van der Waals surface area contributed by atoms with Crippen LogP contribution in [0.15, 0.2) is 30.3 Å². The molecule has 19 heavy (non-hydrogen) atoms. The molecule has 0 fully saturated rings. The zero-order valence-electron chi connectivity index (χ0n) is 10.4. The maximum absolute atomic E-state index is 12.5. The Balaban J connectivity index is 2.51. The van der Waals surface area contributed by atoms with Crippen LogP contribution in [0.5, 0.6) is 0 Å². The van der Waals surface area contributed by atoms with E-state index in [0.29, 0.717) is 16.9 Å². The van der Waals surface area contributed by atoms with Crippen molar-refractivity contribution in [2.75, 3.05) is 18.5 Å². The molecule has 0 aliphatic carbocycles. The number of hydrogen-bond donors (Lipinski definition) is 1. The molecule has 6 heteroatoms. The van der Waals surface area contributed by atoms with Gasteiger partial charge in [-0.05, 0) is 11.5 Å². The number of nitrogens with zero attached hydrogens (tertiary/aromatic N) is 2. The Bertz CT molecular complexity index is 581. The first-order valence-electron chi connectivity index (χ1n) is 5.77. The highest BCUT2D eigenvalue weighted by molar-refractivity contribution is 5.92. The molecule has 2 rings (SSSR count). The molecule has 0 unspecified atom stereocenters. The standard InChI is InChI=1S/C13H14F3N3/c1-19(8-13(14,15)16)12-11-5-3-2-4-9(11)6-10(7-17)18-12/h2-6H,7-8,17H2,1H3. The van der Waals surface area contributed by atoms with Crippen molar-refractivity contribution in [1.29, 1.82) is 0 Å². The molecule has 0 spiro atoms. The number of rotatable bonds is 3. The molecular formula is C13H14F3N3. The Morgan fingerprint density at radius 2 is 1.95 bits per heavy atom. The van der Waals surface area contributed by atoms with Gasteiger partial charge in [0.2, 0.25) is 0 Å². The minimum Gasteiger partial charge on any atom is -0.350 e. The molecule has 0 saturated heterocycles. The van der Waals surface area contributed by atoms with Gasteiger partial charge in [-0.2, -0.15) is 13.2 Å². The molecular weight excluding hydrogens is 255 g/mol. The first-order valence-corrected chi connectivity index (χ1v) is 5.77. The highest BCUT2D eigenvalue weighted by Gasteiger charge is 2.30. The lowest BCUT2D eigenvalue weighted by molar-refractivity contribution is -0.119. The van der Waals surface area contributed by atoms with E-state index in [9.17, 15) is 13.2 Å². The molecule has 0 saturated carbocycles. The van der Waals surface area contributed by atoms with Crippen LogP contribution in [0.25, 0.3) is 10.8 Å². The van der Waals surface area contributed by atoms with Crippen LogP contribution in [0.3, 0.4) is 0 Å². The smallest absolute Gasteiger partial charge is 0.350 e. The SMILES string of the molecule is CN(CC(F)(F)F)c1nc(CN)cc2ccccc12. The second kappa shape index (κ2) is 5.05. The zero-order chi connectivity index (χ0) is 14.0. The van der Waals surface area contributed by atoms with Crippen LogP contribution in [0, 0.1) is 0 Å². The van der Waals surface area contributed by atoms with Crippen LogP contribution in [-0.2, 0) is 6.54 Å². The molecule has 0 atom stereocenters. The number of benzene rings is 1. The van der Waals surface area contributed by atoms with Crippen LogP contribution >= 0.6 is 0 Å². The molecule has 0 aliphatic heterocycles. The van der Waals surface area contributed by atoms with E-state index in [1.54, 1.807) is 18.2 Å². The third-order valence-electron chi connectivity index (χ3n) is 2.76. The maximum atomic E-state index is 12.5. The van der Waals surface area contributed by atoms with Crippen molar-refractivity contribution in [3.05, 3.63) is 36.0 Å². The summed E-state index contributed by atoms with van der Waals surface area (Å²) in [6, 6.07) is 8.99. The summed E-state index contributed by atoms with van der Waals surface area (Å²) < 4.78 is 37.4. The molecule has 0 aliphatic rings. The predicted octanol–water partition coefficient (Wildman–Crippen LogP) is 2.69. The third kappa shape index (κ3) is 3.14. The summed E-state index contributed by atoms with van der Waals surface area (Å²) in [6.07, 6.45) is -4.27. The van der Waals surface area contributed by atoms with Crippen LogP contribution in [0.4, 0.5) is 19.0 Å². The quantitative estimate of drug-likeness (QED) is 0.931. The maximum Gasteiger partial charge on any atom is 0.405 e.